The fourth-order valence-electron chi connectivity index (χ4n) is 1.13. The van der Waals surface area contributed by atoms with E-state index in [0.717, 1.165) is 0 Å². The molecule has 0 aromatic carbocycles. The number of nitrogens with zero attached hydrogens (tertiary/aromatic N) is 1. The van der Waals surface area contributed by atoms with Crippen LogP contribution >= 0.6 is 0 Å². The molecule has 2 N–H and O–H groups in total. The van der Waals surface area contributed by atoms with Crippen molar-refractivity contribution in [2.24, 2.45) is 5.18 Å². The molecule has 0 bridgehead atoms. The molecule has 64 valence electrons. The van der Waals surface area contributed by atoms with E-state index in [9.17, 15) is 10.0 Å². The zero-order valence-corrected chi connectivity index (χ0v) is 6.01. The summed E-state index contributed by atoms with van der Waals surface area (Å²) in [6.45, 7) is 0.103. The van der Waals surface area contributed by atoms with E-state index in [1.807, 2.05) is 0 Å². The second kappa shape index (κ2) is 3.75. The van der Waals surface area contributed by atoms with Gasteiger partial charge in [0.15, 0.2) is 0 Å². The first-order valence-corrected chi connectivity index (χ1v) is 3.52. The highest BCUT2D eigenvalue weighted by atomic mass is 16.5. The van der Waals surface area contributed by atoms with Gasteiger partial charge in [-0.1, -0.05) is 5.18 Å². The molecule has 5 heteroatoms. The average Bonchev–Trinajstić information content (AvgIpc) is 2.05. The van der Waals surface area contributed by atoms with Crippen LogP contribution in [0.25, 0.3) is 0 Å². The summed E-state index contributed by atoms with van der Waals surface area (Å²) in [6.07, 6.45) is -1.17. The van der Waals surface area contributed by atoms with Gasteiger partial charge in [-0.15, -0.1) is 0 Å². The van der Waals surface area contributed by atoms with Crippen molar-refractivity contribution >= 4 is 0 Å². The molecule has 0 aromatic heterocycles. The molecule has 1 fully saturated rings. The molecule has 3 atom stereocenters. The van der Waals surface area contributed by atoms with Gasteiger partial charge in [-0.2, -0.15) is 4.91 Å². The van der Waals surface area contributed by atoms with Crippen LogP contribution in [0.1, 0.15) is 6.42 Å². The predicted molar refractivity (Wildman–Crippen MR) is 37.0 cm³/mol. The Bertz CT molecular complexity index is 141. The molecule has 0 aliphatic carbocycles. The summed E-state index contributed by atoms with van der Waals surface area (Å²) in [4.78, 5) is 10.1. The van der Waals surface area contributed by atoms with Crippen molar-refractivity contribution in [1.29, 1.82) is 0 Å². The van der Waals surface area contributed by atoms with Crippen LogP contribution in [0.5, 0.6) is 0 Å². The number of ether oxygens (including phenoxy) is 1. The van der Waals surface area contributed by atoms with Gasteiger partial charge in [0.1, 0.15) is 18.2 Å². The Kier molecular flexibility index (Phi) is 2.92. The van der Waals surface area contributed by atoms with Crippen LogP contribution < -0.4 is 0 Å². The van der Waals surface area contributed by atoms with E-state index in [1.165, 1.54) is 0 Å². The Hall–Kier alpha value is -0.520. The monoisotopic (exact) mass is 161 g/mol. The predicted octanol–water partition coefficient (Wildman–Crippen LogP) is -0.737. The topological polar surface area (TPSA) is 79.1 Å². The van der Waals surface area contributed by atoms with Gasteiger partial charge < -0.3 is 14.9 Å². The SMILES string of the molecule is O=NC1CCOC(CO)[C@H]1O. The highest BCUT2D eigenvalue weighted by Crippen LogP contribution is 2.16. The number of hydrogen-bond acceptors (Lipinski definition) is 5. The number of nitroso groups, excluding NO2 is 1. The molecule has 2 unspecified atom stereocenters. The van der Waals surface area contributed by atoms with Gasteiger partial charge in [0, 0.05) is 6.61 Å². The van der Waals surface area contributed by atoms with E-state index >= 15 is 0 Å². The highest BCUT2D eigenvalue weighted by molar-refractivity contribution is 4.85. The zero-order valence-electron chi connectivity index (χ0n) is 6.01. The summed E-state index contributed by atoms with van der Waals surface area (Å²) in [7, 11) is 0. The number of aliphatic hydroxyl groups is 2. The van der Waals surface area contributed by atoms with Crippen molar-refractivity contribution in [2.45, 2.75) is 24.7 Å². The van der Waals surface area contributed by atoms with Crippen molar-refractivity contribution in [3.63, 3.8) is 0 Å². The fourth-order valence-corrected chi connectivity index (χ4v) is 1.13. The summed E-state index contributed by atoms with van der Waals surface area (Å²) in [5.41, 5.74) is 0. The molecular weight excluding hydrogens is 150 g/mol. The number of hydrogen-bond donors (Lipinski definition) is 2. The standard InChI is InChI=1S/C6H11NO4/c8-3-5-6(9)4(7-10)1-2-11-5/h4-6,8-9H,1-3H2/t4?,5?,6-/m0/s1. The van der Waals surface area contributed by atoms with Crippen molar-refractivity contribution in [3.05, 3.63) is 4.91 Å². The lowest BCUT2D eigenvalue weighted by Gasteiger charge is -2.29. The van der Waals surface area contributed by atoms with Crippen LogP contribution in [0.2, 0.25) is 0 Å². The van der Waals surface area contributed by atoms with E-state index < -0.39 is 18.2 Å². The second-order valence-electron chi connectivity index (χ2n) is 2.54. The number of rotatable bonds is 2. The second-order valence-corrected chi connectivity index (χ2v) is 2.54. The summed E-state index contributed by atoms with van der Waals surface area (Å²) in [5, 5.41) is 20.6. The quantitative estimate of drug-likeness (QED) is 0.523. The fraction of sp³-hybridized carbons (Fsp3) is 1.00. The molecule has 1 rings (SSSR count). The van der Waals surface area contributed by atoms with E-state index in [2.05, 4.69) is 5.18 Å². The van der Waals surface area contributed by atoms with Crippen molar-refractivity contribution in [1.82, 2.24) is 0 Å². The normalized spacial score (nSPS) is 38.5. The first-order valence-electron chi connectivity index (χ1n) is 3.52. The molecule has 5 nitrogen and oxygen atoms in total. The van der Waals surface area contributed by atoms with Crippen molar-refractivity contribution in [3.8, 4) is 0 Å². The minimum atomic E-state index is -0.953. The molecule has 1 heterocycles. The summed E-state index contributed by atoms with van der Waals surface area (Å²) >= 11 is 0. The largest absolute Gasteiger partial charge is 0.394 e. The molecule has 0 aromatic rings. The van der Waals surface area contributed by atoms with Gasteiger partial charge in [0.05, 0.1) is 6.61 Å². The van der Waals surface area contributed by atoms with Gasteiger partial charge in [-0.05, 0) is 6.42 Å². The Balaban J connectivity index is 2.51. The van der Waals surface area contributed by atoms with Gasteiger partial charge in [-0.3, -0.25) is 0 Å². The van der Waals surface area contributed by atoms with E-state index in [4.69, 9.17) is 9.84 Å². The summed E-state index contributed by atoms with van der Waals surface area (Å²) in [5.74, 6) is 0. The van der Waals surface area contributed by atoms with Gasteiger partial charge in [-0.25, -0.2) is 0 Å². The molecule has 0 saturated carbocycles. The van der Waals surface area contributed by atoms with Gasteiger partial charge >= 0.3 is 0 Å². The highest BCUT2D eigenvalue weighted by Gasteiger charge is 2.32. The third kappa shape index (κ3) is 1.74. The molecule has 0 spiro atoms. The Morgan fingerprint density at radius 3 is 2.91 bits per heavy atom. The van der Waals surface area contributed by atoms with Crippen LogP contribution in [-0.4, -0.2) is 41.7 Å². The molecular formula is C6H11NO4. The molecule has 1 saturated heterocycles. The molecule has 1 aliphatic rings. The van der Waals surface area contributed by atoms with Crippen LogP contribution in [0.3, 0.4) is 0 Å². The van der Waals surface area contributed by atoms with Gasteiger partial charge in [0.2, 0.25) is 0 Å². The summed E-state index contributed by atoms with van der Waals surface area (Å²) < 4.78 is 4.97. The minimum absolute atomic E-state index is 0.271. The lowest BCUT2D eigenvalue weighted by atomic mass is 10.0. The maximum Gasteiger partial charge on any atom is 0.123 e. The molecule has 11 heavy (non-hydrogen) atoms. The first-order chi connectivity index (χ1) is 5.29. The molecule has 1 aliphatic heterocycles. The third-order valence-corrected chi connectivity index (χ3v) is 1.84. The van der Waals surface area contributed by atoms with Crippen LogP contribution in [0.4, 0.5) is 0 Å². The smallest absolute Gasteiger partial charge is 0.123 e. The Morgan fingerprint density at radius 2 is 2.36 bits per heavy atom. The van der Waals surface area contributed by atoms with Crippen molar-refractivity contribution in [2.75, 3.05) is 13.2 Å². The summed E-state index contributed by atoms with van der Waals surface area (Å²) in [6, 6.07) is -0.624. The maximum absolute atomic E-state index is 10.1. The van der Waals surface area contributed by atoms with Crippen LogP contribution in [0, 0.1) is 4.91 Å². The van der Waals surface area contributed by atoms with Crippen LogP contribution in [-0.2, 0) is 4.74 Å². The van der Waals surface area contributed by atoms with E-state index in [1.54, 1.807) is 0 Å². The van der Waals surface area contributed by atoms with Crippen molar-refractivity contribution < 1.29 is 14.9 Å². The van der Waals surface area contributed by atoms with Crippen LogP contribution in [0.15, 0.2) is 5.18 Å². The van der Waals surface area contributed by atoms with E-state index in [0.29, 0.717) is 13.0 Å². The average molecular weight is 161 g/mol. The number of aliphatic hydroxyl groups excluding tert-OH is 2. The minimum Gasteiger partial charge on any atom is -0.394 e. The molecule has 0 radical (unpaired) electrons. The van der Waals surface area contributed by atoms with E-state index in [-0.39, 0.29) is 6.61 Å². The Labute approximate surface area is 64.0 Å². The maximum atomic E-state index is 10.1. The zero-order chi connectivity index (χ0) is 8.27. The Morgan fingerprint density at radius 1 is 1.64 bits per heavy atom. The van der Waals surface area contributed by atoms with Gasteiger partial charge in [0.25, 0.3) is 0 Å². The lowest BCUT2D eigenvalue weighted by molar-refractivity contribution is -0.103. The first kappa shape index (κ1) is 8.58. The third-order valence-electron chi connectivity index (χ3n) is 1.84. The molecule has 0 amide bonds. The lowest BCUT2D eigenvalue weighted by Crippen LogP contribution is -2.45.